The third kappa shape index (κ3) is 7.85. The number of anilines is 2. The second-order valence-corrected chi connectivity index (χ2v) is 17.4. The van der Waals surface area contributed by atoms with E-state index in [4.69, 9.17) is 27.3 Å². The molecule has 5 aliphatic heterocycles. The van der Waals surface area contributed by atoms with Crippen molar-refractivity contribution in [1.29, 1.82) is 0 Å². The van der Waals surface area contributed by atoms with E-state index >= 15 is 0 Å². The van der Waals surface area contributed by atoms with Gasteiger partial charge in [0.1, 0.15) is 11.8 Å². The maximum Gasteiger partial charge on any atom is 0.318 e. The van der Waals surface area contributed by atoms with Crippen molar-refractivity contribution in [2.24, 2.45) is 11.3 Å². The molecule has 4 saturated heterocycles. The molecule has 308 valence electrons. The number of nitrogens with one attached hydrogen (secondary N) is 2. The van der Waals surface area contributed by atoms with E-state index in [9.17, 15) is 24.0 Å². The summed E-state index contributed by atoms with van der Waals surface area (Å²) >= 11 is 6.16. The van der Waals surface area contributed by atoms with Crippen molar-refractivity contribution in [2.45, 2.75) is 82.4 Å². The molecule has 2 N–H and O–H groups in total. The lowest BCUT2D eigenvalue weighted by atomic mass is 9.71. The Morgan fingerprint density at radius 1 is 0.915 bits per heavy atom. The van der Waals surface area contributed by atoms with Crippen molar-refractivity contribution < 1.29 is 33.1 Å². The molecule has 1 atom stereocenters. The number of hydrogen-bond donors (Lipinski definition) is 2. The average Bonchev–Trinajstić information content (AvgIpc) is 3.81. The van der Waals surface area contributed by atoms with Gasteiger partial charge in [-0.1, -0.05) is 22.8 Å². The predicted molar refractivity (Wildman–Crippen MR) is 215 cm³/mol. The molecule has 5 fully saturated rings. The van der Waals surface area contributed by atoms with E-state index in [1.54, 1.807) is 30.3 Å². The van der Waals surface area contributed by atoms with Crippen LogP contribution in [0, 0.1) is 17.9 Å². The SMILES string of the molecule is [C-]#[N+]c1ccc(OC2CCC(NC(=O)c3nnc(N4CCC(CN5CCC6(CC5)CN(c5ccc7c(c5)C(=O)N(C5CCC(=O)NC5=O)C7=O)C6)CC4)o3)CC2)cc1Cl. The van der Waals surface area contributed by atoms with Gasteiger partial charge in [-0.25, -0.2) is 4.85 Å². The fourth-order valence-corrected chi connectivity index (χ4v) is 9.86. The summed E-state index contributed by atoms with van der Waals surface area (Å²) in [7, 11) is 0. The number of hydrogen-bond acceptors (Lipinski definition) is 12. The molecule has 59 heavy (non-hydrogen) atoms. The molecule has 9 rings (SSSR count). The molecule has 1 saturated carbocycles. The number of piperidine rings is 3. The summed E-state index contributed by atoms with van der Waals surface area (Å²) in [4.78, 5) is 74.8. The van der Waals surface area contributed by atoms with Crippen LogP contribution in [-0.2, 0) is 9.59 Å². The summed E-state index contributed by atoms with van der Waals surface area (Å²) in [5.41, 5.74) is 2.15. The van der Waals surface area contributed by atoms with E-state index in [2.05, 4.69) is 40.4 Å². The summed E-state index contributed by atoms with van der Waals surface area (Å²) in [6.45, 7) is 13.6. The number of aromatic nitrogens is 2. The Morgan fingerprint density at radius 3 is 2.37 bits per heavy atom. The highest BCUT2D eigenvalue weighted by Gasteiger charge is 2.48. The van der Waals surface area contributed by atoms with Gasteiger partial charge in [0, 0.05) is 56.3 Å². The zero-order valence-electron chi connectivity index (χ0n) is 32.7. The highest BCUT2D eigenvalue weighted by atomic mass is 35.5. The molecule has 6 heterocycles. The van der Waals surface area contributed by atoms with Crippen molar-refractivity contribution in [2.75, 3.05) is 55.6 Å². The Kier molecular flexibility index (Phi) is 10.5. The number of likely N-dealkylation sites (tertiary alicyclic amines) is 1. The van der Waals surface area contributed by atoms with Crippen LogP contribution in [0.2, 0.25) is 5.02 Å². The number of nitrogens with zero attached hydrogens (tertiary/aromatic N) is 7. The van der Waals surface area contributed by atoms with Gasteiger partial charge in [0.25, 0.3) is 11.8 Å². The number of halogens is 1. The standard InChI is InChI=1S/C42H46ClN9O7/c1-44-33-9-7-29(21-32(33)43)58-28-5-2-26(3-6-28)45-37(55)38-47-48-41(59-38)50-16-12-25(13-17-50)22-49-18-14-42(15-19-49)23-51(24-42)27-4-8-30-31(20-27)40(57)52(39(30)56)34-10-11-35(53)46-36(34)54/h4,7-9,20-21,25-26,28,34H,2-3,5-6,10-19,22-24H2,(H,45,55)(H,46,53,54). The lowest BCUT2D eigenvalue weighted by Crippen LogP contribution is -2.60. The van der Waals surface area contributed by atoms with Crippen LogP contribution in [0.25, 0.3) is 4.85 Å². The Bertz CT molecular complexity index is 2210. The van der Waals surface area contributed by atoms with Crippen LogP contribution < -0.4 is 25.2 Å². The topological polar surface area (TPSA) is 175 Å². The van der Waals surface area contributed by atoms with Crippen LogP contribution in [-0.4, -0.2) is 114 Å². The first-order valence-electron chi connectivity index (χ1n) is 20.6. The third-order valence-electron chi connectivity index (χ3n) is 13.1. The van der Waals surface area contributed by atoms with Crippen LogP contribution >= 0.6 is 11.6 Å². The maximum absolute atomic E-state index is 13.3. The molecule has 0 radical (unpaired) electrons. The van der Waals surface area contributed by atoms with Gasteiger partial charge < -0.3 is 29.2 Å². The molecule has 16 nitrogen and oxygen atoms in total. The van der Waals surface area contributed by atoms with E-state index in [1.165, 1.54) is 0 Å². The Hall–Kier alpha value is -5.53. The molecule has 0 bridgehead atoms. The van der Waals surface area contributed by atoms with Gasteiger partial charge in [0.05, 0.1) is 28.8 Å². The first-order chi connectivity index (χ1) is 28.5. The number of fused-ring (bicyclic) bond motifs is 1. The van der Waals surface area contributed by atoms with Gasteiger partial charge in [-0.05, 0) is 107 Å². The third-order valence-corrected chi connectivity index (χ3v) is 13.4. The lowest BCUT2D eigenvalue weighted by Gasteiger charge is -2.55. The lowest BCUT2D eigenvalue weighted by molar-refractivity contribution is -0.136. The van der Waals surface area contributed by atoms with Crippen molar-refractivity contribution in [3.05, 3.63) is 69.9 Å². The van der Waals surface area contributed by atoms with E-state index in [0.717, 1.165) is 108 Å². The number of ether oxygens (including phenoxy) is 1. The van der Waals surface area contributed by atoms with E-state index in [0.29, 0.717) is 39.5 Å². The van der Waals surface area contributed by atoms with Crippen molar-refractivity contribution >= 4 is 58.5 Å². The van der Waals surface area contributed by atoms with E-state index in [1.807, 2.05) is 6.07 Å². The molecule has 1 unspecified atom stereocenters. The van der Waals surface area contributed by atoms with Gasteiger partial charge in [0.2, 0.25) is 17.5 Å². The monoisotopic (exact) mass is 823 g/mol. The number of amides is 5. The molecule has 17 heteroatoms. The maximum atomic E-state index is 13.3. The van der Waals surface area contributed by atoms with E-state index in [-0.39, 0.29) is 42.2 Å². The largest absolute Gasteiger partial charge is 0.490 e. The quantitative estimate of drug-likeness (QED) is 0.227. The first kappa shape index (κ1) is 39.0. The number of carbonyl (C=O) groups excluding carboxylic acids is 5. The normalized spacial score (nSPS) is 24.7. The molecular weight excluding hydrogens is 778 g/mol. The summed E-state index contributed by atoms with van der Waals surface area (Å²) in [5, 5.41) is 13.9. The van der Waals surface area contributed by atoms with Crippen LogP contribution in [0.5, 0.6) is 5.75 Å². The average molecular weight is 824 g/mol. The number of benzene rings is 2. The van der Waals surface area contributed by atoms with Crippen LogP contribution in [0.4, 0.5) is 17.4 Å². The fourth-order valence-electron chi connectivity index (χ4n) is 9.65. The van der Waals surface area contributed by atoms with Crippen molar-refractivity contribution in [1.82, 2.24) is 30.6 Å². The van der Waals surface area contributed by atoms with Crippen molar-refractivity contribution in [3.63, 3.8) is 0 Å². The highest BCUT2D eigenvalue weighted by molar-refractivity contribution is 6.33. The highest BCUT2D eigenvalue weighted by Crippen LogP contribution is 2.44. The summed E-state index contributed by atoms with van der Waals surface area (Å²) in [5.74, 6) is -1.15. The van der Waals surface area contributed by atoms with Gasteiger partial charge in [-0.3, -0.25) is 34.2 Å². The zero-order valence-corrected chi connectivity index (χ0v) is 33.4. The van der Waals surface area contributed by atoms with Gasteiger partial charge in [-0.2, -0.15) is 0 Å². The summed E-state index contributed by atoms with van der Waals surface area (Å²) in [6.07, 6.45) is 7.51. The number of imide groups is 2. The molecule has 1 spiro atoms. The van der Waals surface area contributed by atoms with Crippen LogP contribution in [0.3, 0.4) is 0 Å². The summed E-state index contributed by atoms with van der Waals surface area (Å²) in [6, 6.07) is 9.85. The minimum Gasteiger partial charge on any atom is -0.490 e. The molecule has 5 amide bonds. The fraction of sp³-hybridized carbons (Fsp3) is 0.524. The molecule has 1 aromatic heterocycles. The molecule has 2 aromatic carbocycles. The number of carbonyl (C=O) groups is 5. The van der Waals surface area contributed by atoms with Crippen LogP contribution in [0.1, 0.15) is 95.6 Å². The smallest absolute Gasteiger partial charge is 0.318 e. The van der Waals surface area contributed by atoms with Crippen molar-refractivity contribution in [3.8, 4) is 5.75 Å². The van der Waals surface area contributed by atoms with E-state index < -0.39 is 29.7 Å². The van der Waals surface area contributed by atoms with Gasteiger partial charge in [0.15, 0.2) is 0 Å². The van der Waals surface area contributed by atoms with Gasteiger partial charge in [-0.15, -0.1) is 5.10 Å². The molecule has 3 aromatic rings. The zero-order chi connectivity index (χ0) is 40.8. The minimum absolute atomic E-state index is 0.00799. The second kappa shape index (κ2) is 15.9. The summed E-state index contributed by atoms with van der Waals surface area (Å²) < 4.78 is 11.9. The molecular formula is C42H46ClN9O7. The molecule has 6 aliphatic rings. The number of rotatable bonds is 9. The van der Waals surface area contributed by atoms with Crippen LogP contribution in [0.15, 0.2) is 40.8 Å². The minimum atomic E-state index is -0.970. The second-order valence-electron chi connectivity index (χ2n) is 16.9. The molecule has 1 aliphatic carbocycles. The van der Waals surface area contributed by atoms with Gasteiger partial charge >= 0.3 is 17.8 Å². The first-order valence-corrected chi connectivity index (χ1v) is 21.0. The predicted octanol–water partition coefficient (Wildman–Crippen LogP) is 4.61. The Labute approximate surface area is 346 Å². The Morgan fingerprint density at radius 2 is 1.66 bits per heavy atom. The Balaban J connectivity index is 0.687.